The first kappa shape index (κ1) is 27.2. The highest BCUT2D eigenvalue weighted by atomic mass is 35.5. The second kappa shape index (κ2) is 11.0. The lowest BCUT2D eigenvalue weighted by Gasteiger charge is -2.24. The summed E-state index contributed by atoms with van der Waals surface area (Å²) < 4.78 is 9.68. The molecule has 200 valence electrons. The van der Waals surface area contributed by atoms with Crippen molar-refractivity contribution in [1.29, 1.82) is 0 Å². The smallest absolute Gasteiger partial charge is 0.338 e. The van der Waals surface area contributed by atoms with Gasteiger partial charge in [0.25, 0.3) is 5.56 Å². The van der Waals surface area contributed by atoms with E-state index >= 15 is 0 Å². The molecule has 0 N–H and O–H groups in total. The van der Waals surface area contributed by atoms with Gasteiger partial charge in [-0.15, -0.1) is 11.8 Å². The number of carbonyl (C=O) groups excluding carboxylic acids is 1. The Balaban J connectivity index is 1.69. The Morgan fingerprint density at radius 1 is 1.15 bits per heavy atom. The van der Waals surface area contributed by atoms with E-state index in [1.165, 1.54) is 11.3 Å². The van der Waals surface area contributed by atoms with E-state index in [4.69, 9.17) is 16.3 Å². The molecule has 0 spiro atoms. The average Bonchev–Trinajstić information content (AvgIpc) is 3.37. The van der Waals surface area contributed by atoms with Gasteiger partial charge in [0.2, 0.25) is 0 Å². The molecule has 9 heteroatoms. The first-order chi connectivity index (χ1) is 18.7. The predicted octanol–water partition coefficient (Wildman–Crippen LogP) is 5.58. The summed E-state index contributed by atoms with van der Waals surface area (Å²) >= 11 is 9.21. The summed E-state index contributed by atoms with van der Waals surface area (Å²) in [4.78, 5) is 33.4. The van der Waals surface area contributed by atoms with Gasteiger partial charge in [-0.1, -0.05) is 41.1 Å². The van der Waals surface area contributed by atoms with Crippen molar-refractivity contribution in [1.82, 2.24) is 9.13 Å². The third-order valence-electron chi connectivity index (χ3n) is 6.77. The number of thioether (sulfide) groups is 1. The topological polar surface area (TPSA) is 65.6 Å². The normalized spacial score (nSPS) is 15.3. The molecule has 1 atom stereocenters. The Hall–Kier alpha value is -3.33. The minimum Gasteiger partial charge on any atom is -0.463 e. The minimum absolute atomic E-state index is 0.195. The Kier molecular flexibility index (Phi) is 7.71. The molecule has 0 fully saturated rings. The van der Waals surface area contributed by atoms with Gasteiger partial charge in [0.1, 0.15) is 0 Å². The van der Waals surface area contributed by atoms with Crippen LogP contribution in [0.5, 0.6) is 0 Å². The van der Waals surface area contributed by atoms with Crippen molar-refractivity contribution in [2.24, 2.45) is 4.99 Å². The molecule has 3 heterocycles. The number of fused-ring (bicyclic) bond motifs is 1. The SMILES string of the molecule is CCOC(=O)C1=C(C)N=c2s/c(=C/c3cc(C)n(-c4cccc(Cl)c4)c3C)c(=O)n2[C@@H]1c1ccc(SC)cc1. The van der Waals surface area contributed by atoms with Gasteiger partial charge in [-0.05, 0) is 87.6 Å². The quantitative estimate of drug-likeness (QED) is 0.222. The summed E-state index contributed by atoms with van der Waals surface area (Å²) in [6, 6.07) is 17.0. The molecule has 0 amide bonds. The van der Waals surface area contributed by atoms with Crippen LogP contribution in [0.3, 0.4) is 0 Å². The van der Waals surface area contributed by atoms with E-state index in [-0.39, 0.29) is 12.2 Å². The molecule has 1 aliphatic heterocycles. The van der Waals surface area contributed by atoms with Gasteiger partial charge in [-0.25, -0.2) is 9.79 Å². The molecule has 0 saturated carbocycles. The fourth-order valence-electron chi connectivity index (χ4n) is 4.98. The number of ether oxygens (including phenoxy) is 1. The third kappa shape index (κ3) is 5.04. The van der Waals surface area contributed by atoms with Gasteiger partial charge in [0.15, 0.2) is 4.80 Å². The molecule has 4 aromatic rings. The number of rotatable bonds is 6. The molecular weight excluding hydrogens is 550 g/mol. The minimum atomic E-state index is -0.628. The molecule has 0 bridgehead atoms. The van der Waals surface area contributed by atoms with Crippen LogP contribution in [0.2, 0.25) is 5.02 Å². The van der Waals surface area contributed by atoms with Crippen molar-refractivity contribution in [2.45, 2.75) is 38.6 Å². The lowest BCUT2D eigenvalue weighted by Crippen LogP contribution is -2.39. The molecule has 6 nitrogen and oxygen atoms in total. The monoisotopic (exact) mass is 577 g/mol. The molecule has 2 aromatic carbocycles. The van der Waals surface area contributed by atoms with Crippen LogP contribution in [0.15, 0.2) is 80.5 Å². The van der Waals surface area contributed by atoms with Crippen LogP contribution >= 0.6 is 34.7 Å². The highest BCUT2D eigenvalue weighted by molar-refractivity contribution is 7.98. The largest absolute Gasteiger partial charge is 0.463 e. The van der Waals surface area contributed by atoms with Crippen LogP contribution in [0.4, 0.5) is 0 Å². The van der Waals surface area contributed by atoms with E-state index in [2.05, 4.69) is 15.6 Å². The number of carbonyl (C=O) groups is 1. The van der Waals surface area contributed by atoms with Crippen LogP contribution in [-0.4, -0.2) is 28.0 Å². The van der Waals surface area contributed by atoms with Crippen molar-refractivity contribution < 1.29 is 9.53 Å². The second-order valence-electron chi connectivity index (χ2n) is 9.22. The van der Waals surface area contributed by atoms with E-state index in [1.807, 2.05) is 74.7 Å². The number of hydrogen-bond donors (Lipinski definition) is 0. The summed E-state index contributed by atoms with van der Waals surface area (Å²) in [7, 11) is 0. The van der Waals surface area contributed by atoms with Crippen molar-refractivity contribution in [3.8, 4) is 5.69 Å². The second-order valence-corrected chi connectivity index (χ2v) is 11.5. The van der Waals surface area contributed by atoms with Crippen LogP contribution in [0, 0.1) is 13.8 Å². The van der Waals surface area contributed by atoms with Gasteiger partial charge in [-0.3, -0.25) is 9.36 Å². The summed E-state index contributed by atoms with van der Waals surface area (Å²) in [5.41, 5.74) is 5.48. The number of esters is 1. The summed E-state index contributed by atoms with van der Waals surface area (Å²) in [5.74, 6) is -0.461. The van der Waals surface area contributed by atoms with Gasteiger partial charge in [-0.2, -0.15) is 0 Å². The highest BCUT2D eigenvalue weighted by Crippen LogP contribution is 2.32. The molecule has 39 heavy (non-hydrogen) atoms. The Labute approximate surface area is 239 Å². The van der Waals surface area contributed by atoms with Crippen LogP contribution in [0.25, 0.3) is 11.8 Å². The fraction of sp³-hybridized carbons (Fsp3) is 0.233. The number of benzene rings is 2. The van der Waals surface area contributed by atoms with Crippen LogP contribution < -0.4 is 14.9 Å². The van der Waals surface area contributed by atoms with Crippen molar-refractivity contribution >= 4 is 46.7 Å². The third-order valence-corrected chi connectivity index (χ3v) is 8.73. The maximum atomic E-state index is 14.0. The molecule has 0 saturated heterocycles. The molecule has 1 aliphatic rings. The van der Waals surface area contributed by atoms with Gasteiger partial charge in [0, 0.05) is 27.0 Å². The Bertz CT molecular complexity index is 1800. The molecular formula is C30H28ClN3O3S2. The van der Waals surface area contributed by atoms with Gasteiger partial charge < -0.3 is 9.30 Å². The average molecular weight is 578 g/mol. The number of hydrogen-bond acceptors (Lipinski definition) is 6. The fourth-order valence-corrected chi connectivity index (χ4v) is 6.61. The first-order valence-corrected chi connectivity index (χ1v) is 14.9. The maximum Gasteiger partial charge on any atom is 0.338 e. The predicted molar refractivity (Wildman–Crippen MR) is 159 cm³/mol. The van der Waals surface area contributed by atoms with E-state index in [9.17, 15) is 9.59 Å². The number of halogens is 1. The summed E-state index contributed by atoms with van der Waals surface area (Å²) in [6.07, 6.45) is 3.92. The number of nitrogens with zero attached hydrogens (tertiary/aromatic N) is 3. The van der Waals surface area contributed by atoms with Crippen LogP contribution in [0.1, 0.15) is 42.4 Å². The maximum absolute atomic E-state index is 14.0. The molecule has 0 aliphatic carbocycles. The van der Waals surface area contributed by atoms with Crippen molar-refractivity contribution in [2.75, 3.05) is 12.9 Å². The van der Waals surface area contributed by atoms with Crippen LogP contribution in [-0.2, 0) is 9.53 Å². The summed E-state index contributed by atoms with van der Waals surface area (Å²) in [5, 5.41) is 0.660. The summed E-state index contributed by atoms with van der Waals surface area (Å²) in [6.45, 7) is 7.85. The van der Waals surface area contributed by atoms with Gasteiger partial charge in [0.05, 0.1) is 28.5 Å². The lowest BCUT2D eigenvalue weighted by molar-refractivity contribution is -0.139. The molecule has 5 rings (SSSR count). The van der Waals surface area contributed by atoms with E-state index < -0.39 is 12.0 Å². The number of aryl methyl sites for hydroxylation is 1. The zero-order valence-electron chi connectivity index (χ0n) is 22.3. The zero-order chi connectivity index (χ0) is 27.8. The zero-order valence-corrected chi connectivity index (χ0v) is 24.7. The van der Waals surface area contributed by atoms with Crippen molar-refractivity contribution in [3.63, 3.8) is 0 Å². The Morgan fingerprint density at radius 2 is 1.90 bits per heavy atom. The molecule has 2 aromatic heterocycles. The number of thiazole rings is 1. The van der Waals surface area contributed by atoms with Gasteiger partial charge >= 0.3 is 5.97 Å². The lowest BCUT2D eigenvalue weighted by atomic mass is 9.96. The van der Waals surface area contributed by atoms with E-state index in [0.29, 0.717) is 25.6 Å². The van der Waals surface area contributed by atoms with E-state index in [0.717, 1.165) is 33.1 Å². The number of aromatic nitrogens is 2. The van der Waals surface area contributed by atoms with Crippen molar-refractivity contribution in [3.05, 3.63) is 113 Å². The Morgan fingerprint density at radius 3 is 2.56 bits per heavy atom. The standard InChI is InChI=1S/C30H28ClN3O3S2/c1-6-37-29(36)26-18(3)32-30-34(27(26)20-10-12-24(38-5)13-11-20)28(35)25(39-30)15-21-14-17(2)33(19(21)4)23-9-7-8-22(31)16-23/h7-16,27H,6H2,1-5H3/b25-15+/t27-/m1/s1. The van der Waals surface area contributed by atoms with E-state index in [1.54, 1.807) is 30.2 Å². The molecule has 0 radical (unpaired) electrons. The first-order valence-electron chi connectivity index (χ1n) is 12.5. The highest BCUT2D eigenvalue weighted by Gasteiger charge is 2.33. The number of allylic oxidation sites excluding steroid dienone is 1. The molecule has 0 unspecified atom stereocenters.